The summed E-state index contributed by atoms with van der Waals surface area (Å²) in [6, 6.07) is 3.77. The van der Waals surface area contributed by atoms with E-state index in [0.29, 0.717) is 17.0 Å². The van der Waals surface area contributed by atoms with Crippen molar-refractivity contribution in [3.05, 3.63) is 40.4 Å². The van der Waals surface area contributed by atoms with E-state index in [2.05, 4.69) is 15.6 Å². The predicted octanol–water partition coefficient (Wildman–Crippen LogP) is 2.97. The van der Waals surface area contributed by atoms with Crippen molar-refractivity contribution in [2.45, 2.75) is 19.1 Å². The second kappa shape index (κ2) is 7.89. The summed E-state index contributed by atoms with van der Waals surface area (Å²) in [5, 5.41) is 4.77. The van der Waals surface area contributed by atoms with Crippen LogP contribution in [0, 0.1) is 0 Å². The van der Waals surface area contributed by atoms with Gasteiger partial charge in [0, 0.05) is 31.9 Å². The summed E-state index contributed by atoms with van der Waals surface area (Å²) in [6.07, 6.45) is -4.23. The van der Waals surface area contributed by atoms with Crippen LogP contribution in [0.15, 0.2) is 24.3 Å². The molecule has 0 saturated heterocycles. The monoisotopic (exact) mass is 449 g/mol. The van der Waals surface area contributed by atoms with Gasteiger partial charge in [-0.25, -0.2) is 9.78 Å². The number of anilines is 2. The summed E-state index contributed by atoms with van der Waals surface area (Å²) < 4.78 is 66.0. The quantitative estimate of drug-likeness (QED) is 0.750. The number of nitrogens with one attached hydrogen (secondary N) is 2. The Bertz CT molecular complexity index is 1020. The van der Waals surface area contributed by atoms with E-state index in [-0.39, 0.29) is 23.9 Å². The Balaban J connectivity index is 1.71. The number of rotatable bonds is 4. The van der Waals surface area contributed by atoms with Crippen LogP contribution in [0.25, 0.3) is 0 Å². The van der Waals surface area contributed by atoms with Gasteiger partial charge in [-0.15, -0.1) is 0 Å². The number of carbonyl (C=O) groups excluding carboxylic acids is 1. The lowest BCUT2D eigenvalue weighted by Crippen LogP contribution is -2.42. The third-order valence-electron chi connectivity index (χ3n) is 4.19. The van der Waals surface area contributed by atoms with E-state index >= 15 is 0 Å². The van der Waals surface area contributed by atoms with E-state index in [4.69, 9.17) is 0 Å². The number of benzene rings is 1. The lowest BCUT2D eigenvalue weighted by atomic mass is 10.1. The van der Waals surface area contributed by atoms with Crippen molar-refractivity contribution in [3.8, 4) is 0 Å². The molecule has 158 valence electrons. The molecular formula is C16H18F3N5O3S2. The molecule has 0 saturated carbocycles. The molecule has 13 heteroatoms. The molecule has 0 radical (unpaired) electrons. The Labute approximate surface area is 169 Å². The molecule has 2 N–H and O–H groups in total. The first-order valence-electron chi connectivity index (χ1n) is 8.39. The van der Waals surface area contributed by atoms with E-state index in [1.54, 1.807) is 0 Å². The van der Waals surface area contributed by atoms with Gasteiger partial charge in [0.1, 0.15) is 0 Å². The van der Waals surface area contributed by atoms with Gasteiger partial charge >= 0.3 is 12.2 Å². The summed E-state index contributed by atoms with van der Waals surface area (Å²) in [5.74, 6) is 0. The second-order valence-electron chi connectivity index (χ2n) is 6.39. The van der Waals surface area contributed by atoms with Crippen molar-refractivity contribution in [2.24, 2.45) is 0 Å². The summed E-state index contributed by atoms with van der Waals surface area (Å²) in [7, 11) is -0.700. The van der Waals surface area contributed by atoms with Crippen LogP contribution in [-0.4, -0.2) is 48.7 Å². The highest BCUT2D eigenvalue weighted by Gasteiger charge is 2.34. The molecule has 2 amide bonds. The number of carbonyl (C=O) groups is 1. The maximum Gasteiger partial charge on any atom is 0.418 e. The van der Waals surface area contributed by atoms with Gasteiger partial charge in [0.2, 0.25) is 0 Å². The molecule has 8 nitrogen and oxygen atoms in total. The fourth-order valence-corrected chi connectivity index (χ4v) is 4.92. The van der Waals surface area contributed by atoms with Crippen molar-refractivity contribution < 1.29 is 26.4 Å². The van der Waals surface area contributed by atoms with Crippen LogP contribution >= 0.6 is 11.3 Å². The number of aromatic nitrogens is 1. The first-order valence-corrected chi connectivity index (χ1v) is 10.6. The molecular weight excluding hydrogens is 431 g/mol. The SMILES string of the molecule is CN(C)S(=O)(=O)N1CCc2nc(NC(=O)Nc3ccccc3C(F)(F)F)sc2C1. The van der Waals surface area contributed by atoms with Gasteiger partial charge < -0.3 is 5.32 Å². The molecule has 29 heavy (non-hydrogen) atoms. The molecule has 1 aliphatic rings. The molecule has 1 aromatic heterocycles. The number of hydrogen-bond acceptors (Lipinski definition) is 5. The third kappa shape index (κ3) is 4.69. The number of hydrogen-bond donors (Lipinski definition) is 2. The molecule has 0 aliphatic carbocycles. The van der Waals surface area contributed by atoms with Crippen LogP contribution in [0.3, 0.4) is 0 Å². The average Bonchev–Trinajstić information content (AvgIpc) is 3.02. The van der Waals surface area contributed by atoms with Gasteiger partial charge in [0.15, 0.2) is 5.13 Å². The van der Waals surface area contributed by atoms with Gasteiger partial charge in [-0.2, -0.15) is 30.2 Å². The lowest BCUT2D eigenvalue weighted by molar-refractivity contribution is -0.136. The van der Waals surface area contributed by atoms with Gasteiger partial charge in [-0.3, -0.25) is 5.32 Å². The molecule has 0 unspecified atom stereocenters. The van der Waals surface area contributed by atoms with Crippen molar-refractivity contribution in [1.82, 2.24) is 13.6 Å². The first kappa shape index (κ1) is 21.5. The molecule has 2 heterocycles. The molecule has 0 fully saturated rings. The molecule has 3 rings (SSSR count). The number of fused-ring (bicyclic) bond motifs is 1. The zero-order chi connectivity index (χ0) is 21.4. The van der Waals surface area contributed by atoms with Crippen molar-refractivity contribution in [1.29, 1.82) is 0 Å². The Hall–Kier alpha value is -2.22. The Morgan fingerprint density at radius 2 is 1.93 bits per heavy atom. The molecule has 0 atom stereocenters. The van der Waals surface area contributed by atoms with Crippen LogP contribution in [0.4, 0.5) is 28.8 Å². The number of urea groups is 1. The van der Waals surface area contributed by atoms with E-state index in [9.17, 15) is 26.4 Å². The highest BCUT2D eigenvalue weighted by atomic mass is 32.2. The van der Waals surface area contributed by atoms with Crippen LogP contribution in [0.2, 0.25) is 0 Å². The first-order chi connectivity index (χ1) is 13.5. The number of nitrogens with zero attached hydrogens (tertiary/aromatic N) is 3. The van der Waals surface area contributed by atoms with E-state index in [1.807, 2.05) is 0 Å². The van der Waals surface area contributed by atoms with Gasteiger partial charge in [-0.1, -0.05) is 23.5 Å². The topological polar surface area (TPSA) is 94.6 Å². The fourth-order valence-electron chi connectivity index (χ4n) is 2.74. The Morgan fingerprint density at radius 1 is 1.24 bits per heavy atom. The maximum atomic E-state index is 13.0. The van der Waals surface area contributed by atoms with Crippen molar-refractivity contribution >= 4 is 38.4 Å². The highest BCUT2D eigenvalue weighted by Crippen LogP contribution is 2.35. The van der Waals surface area contributed by atoms with Crippen LogP contribution in [-0.2, 0) is 29.4 Å². The number of amides is 2. The Morgan fingerprint density at radius 3 is 2.59 bits per heavy atom. The number of thiazole rings is 1. The zero-order valence-electron chi connectivity index (χ0n) is 15.4. The predicted molar refractivity (Wildman–Crippen MR) is 103 cm³/mol. The highest BCUT2D eigenvalue weighted by molar-refractivity contribution is 7.86. The zero-order valence-corrected chi connectivity index (χ0v) is 17.1. The molecule has 1 aliphatic heterocycles. The Kier molecular flexibility index (Phi) is 5.85. The standard InChI is InChI=1S/C16H18F3N5O3S2/c1-23(2)29(26,27)24-8-7-12-13(9-24)28-15(21-12)22-14(25)20-11-6-4-3-5-10(11)16(17,18)19/h3-6H,7-9H2,1-2H3,(H2,20,21,22,25). The van der Waals surface area contributed by atoms with E-state index in [0.717, 1.165) is 27.8 Å². The summed E-state index contributed by atoms with van der Waals surface area (Å²) in [5.41, 5.74) is -0.675. The molecule has 0 bridgehead atoms. The largest absolute Gasteiger partial charge is 0.418 e. The van der Waals surface area contributed by atoms with Crippen molar-refractivity contribution in [2.75, 3.05) is 31.3 Å². The van der Waals surface area contributed by atoms with E-state index < -0.39 is 28.0 Å². The second-order valence-corrected chi connectivity index (χ2v) is 9.61. The summed E-state index contributed by atoms with van der Waals surface area (Å²) in [6.45, 7) is 0.371. The smallest absolute Gasteiger partial charge is 0.307 e. The normalized spacial score (nSPS) is 15.2. The van der Waals surface area contributed by atoms with E-state index in [1.165, 1.54) is 30.5 Å². The maximum absolute atomic E-state index is 13.0. The molecule has 2 aromatic rings. The van der Waals surface area contributed by atoms with Crippen LogP contribution < -0.4 is 10.6 Å². The fraction of sp³-hybridized carbons (Fsp3) is 0.375. The summed E-state index contributed by atoms with van der Waals surface area (Å²) in [4.78, 5) is 17.1. The third-order valence-corrected chi connectivity index (χ3v) is 7.07. The minimum absolute atomic E-state index is 0.119. The minimum atomic E-state index is -4.61. The van der Waals surface area contributed by atoms with Gasteiger partial charge in [0.05, 0.1) is 23.5 Å². The lowest BCUT2D eigenvalue weighted by Gasteiger charge is -2.27. The number of para-hydroxylation sites is 1. The summed E-state index contributed by atoms with van der Waals surface area (Å²) >= 11 is 1.09. The minimum Gasteiger partial charge on any atom is -0.307 e. The average molecular weight is 449 g/mol. The van der Waals surface area contributed by atoms with Crippen LogP contribution in [0.1, 0.15) is 16.1 Å². The van der Waals surface area contributed by atoms with Crippen molar-refractivity contribution in [3.63, 3.8) is 0 Å². The number of halogens is 3. The molecule has 0 spiro atoms. The number of alkyl halides is 3. The van der Waals surface area contributed by atoms with Gasteiger partial charge in [0.25, 0.3) is 10.2 Å². The molecule has 1 aromatic carbocycles. The van der Waals surface area contributed by atoms with Gasteiger partial charge in [-0.05, 0) is 12.1 Å². The van der Waals surface area contributed by atoms with Crippen LogP contribution in [0.5, 0.6) is 0 Å².